The van der Waals surface area contributed by atoms with E-state index in [2.05, 4.69) is 11.8 Å². The quantitative estimate of drug-likeness (QED) is 0.777. The highest BCUT2D eigenvalue weighted by Gasteiger charge is 2.32. The molecule has 0 N–H and O–H groups in total. The summed E-state index contributed by atoms with van der Waals surface area (Å²) >= 11 is 0. The lowest BCUT2D eigenvalue weighted by molar-refractivity contribution is -0.161. The van der Waals surface area contributed by atoms with Crippen LogP contribution in [0.3, 0.4) is 0 Å². The van der Waals surface area contributed by atoms with E-state index in [9.17, 15) is 4.79 Å². The average Bonchev–Trinajstić information content (AvgIpc) is 3.12. The molecule has 1 aliphatic heterocycles. The lowest BCUT2D eigenvalue weighted by Crippen LogP contribution is -2.47. The third kappa shape index (κ3) is 3.75. The van der Waals surface area contributed by atoms with Gasteiger partial charge in [0, 0.05) is 18.7 Å². The van der Waals surface area contributed by atoms with Crippen LogP contribution in [0.15, 0.2) is 34.7 Å². The number of aromatic nitrogens is 1. The van der Waals surface area contributed by atoms with Crippen molar-refractivity contribution in [2.75, 3.05) is 26.8 Å². The van der Waals surface area contributed by atoms with Crippen LogP contribution in [0.5, 0.6) is 0 Å². The molecule has 0 spiro atoms. The van der Waals surface area contributed by atoms with Gasteiger partial charge < -0.3 is 13.9 Å². The summed E-state index contributed by atoms with van der Waals surface area (Å²) < 4.78 is 16.4. The molecule has 6 nitrogen and oxygen atoms in total. The number of methoxy groups -OCH3 is 1. The third-order valence-electron chi connectivity index (χ3n) is 4.55. The van der Waals surface area contributed by atoms with Crippen molar-refractivity contribution in [3.05, 3.63) is 41.9 Å². The van der Waals surface area contributed by atoms with E-state index in [1.54, 1.807) is 0 Å². The monoisotopic (exact) mass is 344 g/mol. The molecular weight excluding hydrogens is 320 g/mol. The lowest BCUT2D eigenvalue weighted by atomic mass is 10.1. The van der Waals surface area contributed by atoms with E-state index in [1.807, 2.05) is 37.3 Å². The first kappa shape index (κ1) is 17.6. The predicted octanol–water partition coefficient (Wildman–Crippen LogP) is 2.84. The van der Waals surface area contributed by atoms with E-state index in [0.29, 0.717) is 19.0 Å². The Labute approximate surface area is 147 Å². The molecule has 1 aromatic carbocycles. The molecule has 0 radical (unpaired) electrons. The first-order valence-corrected chi connectivity index (χ1v) is 8.62. The standard InChI is InChI=1S/C19H24N2O4/c1-4-15-17(14-8-6-5-7-9-14)25-18(20-15)13(2)21-10-11-24-16(12-21)19(22)23-3/h5-9,13,16H,4,10-12H2,1-3H3/t13-,16+/m1/s1. The summed E-state index contributed by atoms with van der Waals surface area (Å²) in [5.41, 5.74) is 1.98. The number of oxazole rings is 1. The predicted molar refractivity (Wildman–Crippen MR) is 93.1 cm³/mol. The number of ether oxygens (including phenoxy) is 2. The molecule has 0 saturated carbocycles. The van der Waals surface area contributed by atoms with Gasteiger partial charge in [0.2, 0.25) is 5.89 Å². The molecule has 0 amide bonds. The molecule has 134 valence electrons. The number of rotatable bonds is 5. The molecule has 2 atom stereocenters. The first-order chi connectivity index (χ1) is 12.1. The van der Waals surface area contributed by atoms with Crippen LogP contribution >= 0.6 is 0 Å². The highest BCUT2D eigenvalue weighted by molar-refractivity contribution is 5.74. The number of benzene rings is 1. The van der Waals surface area contributed by atoms with Gasteiger partial charge in [-0.1, -0.05) is 37.3 Å². The summed E-state index contributed by atoms with van der Waals surface area (Å²) in [7, 11) is 1.38. The van der Waals surface area contributed by atoms with E-state index in [-0.39, 0.29) is 12.0 Å². The normalized spacial score (nSPS) is 19.6. The second-order valence-electron chi connectivity index (χ2n) is 6.10. The molecule has 25 heavy (non-hydrogen) atoms. The van der Waals surface area contributed by atoms with Gasteiger partial charge in [-0.05, 0) is 13.3 Å². The van der Waals surface area contributed by atoms with Gasteiger partial charge in [0.1, 0.15) is 0 Å². The zero-order chi connectivity index (χ0) is 17.8. The maximum atomic E-state index is 11.7. The third-order valence-corrected chi connectivity index (χ3v) is 4.55. The Bertz CT molecular complexity index is 713. The van der Waals surface area contributed by atoms with Crippen molar-refractivity contribution in [3.8, 4) is 11.3 Å². The van der Waals surface area contributed by atoms with Crippen molar-refractivity contribution < 1.29 is 18.7 Å². The Balaban J connectivity index is 1.81. The molecule has 0 unspecified atom stereocenters. The van der Waals surface area contributed by atoms with Crippen LogP contribution in [0.25, 0.3) is 11.3 Å². The first-order valence-electron chi connectivity index (χ1n) is 8.62. The number of hydrogen-bond acceptors (Lipinski definition) is 6. The van der Waals surface area contributed by atoms with Crippen molar-refractivity contribution in [2.24, 2.45) is 0 Å². The van der Waals surface area contributed by atoms with Gasteiger partial charge >= 0.3 is 5.97 Å². The Kier molecular flexibility index (Phi) is 5.50. The minimum atomic E-state index is -0.560. The van der Waals surface area contributed by atoms with Gasteiger partial charge in [0.15, 0.2) is 11.9 Å². The molecule has 0 aliphatic carbocycles. The molecule has 2 aromatic rings. The Hall–Kier alpha value is -2.18. The minimum Gasteiger partial charge on any atom is -0.467 e. The summed E-state index contributed by atoms with van der Waals surface area (Å²) in [6.07, 6.45) is 0.240. The van der Waals surface area contributed by atoms with Gasteiger partial charge in [-0.15, -0.1) is 0 Å². The van der Waals surface area contributed by atoms with Crippen LogP contribution < -0.4 is 0 Å². The molecule has 1 aliphatic rings. The van der Waals surface area contributed by atoms with Crippen LogP contribution in [0.4, 0.5) is 0 Å². The molecule has 1 saturated heterocycles. The van der Waals surface area contributed by atoms with Crippen LogP contribution in [0, 0.1) is 0 Å². The minimum absolute atomic E-state index is 0.0428. The van der Waals surface area contributed by atoms with Gasteiger partial charge in [-0.25, -0.2) is 9.78 Å². The van der Waals surface area contributed by atoms with Gasteiger partial charge in [-0.2, -0.15) is 0 Å². The van der Waals surface area contributed by atoms with E-state index >= 15 is 0 Å². The molecular formula is C19H24N2O4. The van der Waals surface area contributed by atoms with Crippen LogP contribution in [-0.2, 0) is 20.7 Å². The molecule has 1 aromatic heterocycles. The van der Waals surface area contributed by atoms with E-state index in [4.69, 9.17) is 18.9 Å². The van der Waals surface area contributed by atoms with E-state index in [0.717, 1.165) is 30.0 Å². The highest BCUT2D eigenvalue weighted by Crippen LogP contribution is 2.30. The van der Waals surface area contributed by atoms with Crippen molar-refractivity contribution in [1.29, 1.82) is 0 Å². The number of nitrogens with zero attached hydrogens (tertiary/aromatic N) is 2. The van der Waals surface area contributed by atoms with Crippen LogP contribution in [0.1, 0.15) is 31.5 Å². The second-order valence-corrected chi connectivity index (χ2v) is 6.10. The van der Waals surface area contributed by atoms with Gasteiger partial charge in [-0.3, -0.25) is 4.90 Å². The molecule has 6 heteroatoms. The van der Waals surface area contributed by atoms with E-state index < -0.39 is 6.10 Å². The molecule has 0 bridgehead atoms. The Morgan fingerprint density at radius 3 is 2.84 bits per heavy atom. The number of hydrogen-bond donors (Lipinski definition) is 0. The highest BCUT2D eigenvalue weighted by atomic mass is 16.6. The van der Waals surface area contributed by atoms with Crippen LogP contribution in [-0.4, -0.2) is 48.8 Å². The maximum absolute atomic E-state index is 11.7. The van der Waals surface area contributed by atoms with Gasteiger partial charge in [0.05, 0.1) is 25.5 Å². The van der Waals surface area contributed by atoms with Crippen molar-refractivity contribution in [1.82, 2.24) is 9.88 Å². The van der Waals surface area contributed by atoms with Crippen LogP contribution in [0.2, 0.25) is 0 Å². The van der Waals surface area contributed by atoms with Crippen molar-refractivity contribution in [3.63, 3.8) is 0 Å². The molecule has 3 rings (SSSR count). The number of carbonyl (C=O) groups is 1. The number of carbonyl (C=O) groups excluding carboxylic acids is 1. The van der Waals surface area contributed by atoms with Crippen molar-refractivity contribution >= 4 is 5.97 Å². The number of morpholine rings is 1. The topological polar surface area (TPSA) is 64.8 Å². The molecule has 2 heterocycles. The fourth-order valence-corrected chi connectivity index (χ4v) is 3.05. The fraction of sp³-hybridized carbons (Fsp3) is 0.474. The lowest BCUT2D eigenvalue weighted by Gasteiger charge is -2.34. The fourth-order valence-electron chi connectivity index (χ4n) is 3.05. The average molecular weight is 344 g/mol. The SMILES string of the molecule is CCc1nc([C@@H](C)N2CCO[C@H](C(=O)OC)C2)oc1-c1ccccc1. The largest absolute Gasteiger partial charge is 0.467 e. The summed E-state index contributed by atoms with van der Waals surface area (Å²) in [5.74, 6) is 1.15. The Morgan fingerprint density at radius 2 is 2.16 bits per heavy atom. The number of esters is 1. The zero-order valence-electron chi connectivity index (χ0n) is 14.9. The zero-order valence-corrected chi connectivity index (χ0v) is 14.9. The Morgan fingerprint density at radius 1 is 1.40 bits per heavy atom. The summed E-state index contributed by atoms with van der Waals surface area (Å²) in [5, 5.41) is 0. The molecule has 1 fully saturated rings. The van der Waals surface area contributed by atoms with Gasteiger partial charge in [0.25, 0.3) is 0 Å². The summed E-state index contributed by atoms with van der Waals surface area (Å²) in [6, 6.07) is 9.97. The maximum Gasteiger partial charge on any atom is 0.336 e. The smallest absolute Gasteiger partial charge is 0.336 e. The number of aryl methyl sites for hydroxylation is 1. The summed E-state index contributed by atoms with van der Waals surface area (Å²) in [4.78, 5) is 18.6. The van der Waals surface area contributed by atoms with Crippen molar-refractivity contribution in [2.45, 2.75) is 32.4 Å². The van der Waals surface area contributed by atoms with E-state index in [1.165, 1.54) is 7.11 Å². The second kappa shape index (κ2) is 7.80. The summed E-state index contributed by atoms with van der Waals surface area (Å²) in [6.45, 7) is 5.79.